The molecule has 0 bridgehead atoms. The van der Waals surface area contributed by atoms with E-state index in [-0.39, 0.29) is 24.1 Å². The van der Waals surface area contributed by atoms with Crippen molar-refractivity contribution in [3.8, 4) is 0 Å². The van der Waals surface area contributed by atoms with Gasteiger partial charge in [-0.3, -0.25) is 0 Å². The van der Waals surface area contributed by atoms with E-state index in [1.165, 1.54) is 32.1 Å². The Labute approximate surface area is 116 Å². The predicted molar refractivity (Wildman–Crippen MR) is 75.1 cm³/mol. The number of methoxy groups -OCH3 is 1. The zero-order valence-electron chi connectivity index (χ0n) is 12.2. The molecule has 0 radical (unpaired) electrons. The standard InChI is InChI=1S/C14H28N2O3/c1-14(7-4-3-5-8-14)11-15-13(18)16-12(10-17)6-9-19-2/h12,17H,3-11H2,1-2H3,(H2,15,16,18)/t12-/m1/s1. The molecule has 2 amide bonds. The Morgan fingerprint density at radius 1 is 1.37 bits per heavy atom. The van der Waals surface area contributed by atoms with Crippen molar-refractivity contribution in [2.45, 2.75) is 51.5 Å². The summed E-state index contributed by atoms with van der Waals surface area (Å²) in [6, 6.07) is -0.430. The second kappa shape index (κ2) is 8.38. The third-order valence-electron chi connectivity index (χ3n) is 3.96. The molecule has 112 valence electrons. The van der Waals surface area contributed by atoms with Gasteiger partial charge >= 0.3 is 6.03 Å². The first-order valence-electron chi connectivity index (χ1n) is 7.24. The molecule has 0 unspecified atom stereocenters. The fourth-order valence-corrected chi connectivity index (χ4v) is 2.58. The van der Waals surface area contributed by atoms with E-state index >= 15 is 0 Å². The summed E-state index contributed by atoms with van der Waals surface area (Å²) < 4.78 is 4.94. The summed E-state index contributed by atoms with van der Waals surface area (Å²) in [7, 11) is 1.61. The number of hydrogen-bond acceptors (Lipinski definition) is 3. The number of ether oxygens (including phenoxy) is 1. The van der Waals surface area contributed by atoms with Crippen LogP contribution in [-0.2, 0) is 4.74 Å². The maximum absolute atomic E-state index is 11.8. The van der Waals surface area contributed by atoms with Gasteiger partial charge in [-0.1, -0.05) is 26.2 Å². The lowest BCUT2D eigenvalue weighted by Gasteiger charge is -2.33. The summed E-state index contributed by atoms with van der Waals surface area (Å²) in [6.07, 6.45) is 6.81. The van der Waals surface area contributed by atoms with Gasteiger partial charge in [0.25, 0.3) is 0 Å². The highest BCUT2D eigenvalue weighted by Gasteiger charge is 2.27. The van der Waals surface area contributed by atoms with Crippen LogP contribution in [0.1, 0.15) is 45.4 Å². The lowest BCUT2D eigenvalue weighted by atomic mass is 9.76. The molecule has 0 heterocycles. The minimum absolute atomic E-state index is 0.0615. The van der Waals surface area contributed by atoms with Crippen LogP contribution in [0.5, 0.6) is 0 Å². The van der Waals surface area contributed by atoms with Gasteiger partial charge in [0.05, 0.1) is 12.6 Å². The highest BCUT2D eigenvalue weighted by molar-refractivity contribution is 5.74. The van der Waals surface area contributed by atoms with E-state index in [4.69, 9.17) is 4.74 Å². The number of carbonyl (C=O) groups is 1. The quantitative estimate of drug-likeness (QED) is 0.660. The van der Waals surface area contributed by atoms with E-state index in [0.717, 1.165) is 0 Å². The first-order valence-corrected chi connectivity index (χ1v) is 7.24. The van der Waals surface area contributed by atoms with E-state index < -0.39 is 0 Å². The fraction of sp³-hybridized carbons (Fsp3) is 0.929. The Bertz CT molecular complexity index is 265. The number of aliphatic hydroxyl groups is 1. The van der Waals surface area contributed by atoms with Crippen LogP contribution in [0.25, 0.3) is 0 Å². The zero-order chi connectivity index (χ0) is 14.1. The van der Waals surface area contributed by atoms with Crippen LogP contribution in [-0.4, -0.2) is 44.0 Å². The van der Waals surface area contributed by atoms with Gasteiger partial charge in [-0.15, -0.1) is 0 Å². The fourth-order valence-electron chi connectivity index (χ4n) is 2.58. The lowest BCUT2D eigenvalue weighted by Crippen LogP contribution is -2.47. The molecule has 0 aliphatic heterocycles. The highest BCUT2D eigenvalue weighted by atomic mass is 16.5. The second-order valence-electron chi connectivity index (χ2n) is 5.86. The van der Waals surface area contributed by atoms with Gasteiger partial charge in [-0.05, 0) is 24.7 Å². The number of aliphatic hydroxyl groups excluding tert-OH is 1. The van der Waals surface area contributed by atoms with Gasteiger partial charge in [0.2, 0.25) is 0 Å². The summed E-state index contributed by atoms with van der Waals surface area (Å²) >= 11 is 0. The van der Waals surface area contributed by atoms with Crippen LogP contribution in [0.15, 0.2) is 0 Å². The summed E-state index contributed by atoms with van der Waals surface area (Å²) in [6.45, 7) is 3.42. The molecular formula is C14H28N2O3. The summed E-state index contributed by atoms with van der Waals surface area (Å²) in [5.74, 6) is 0. The van der Waals surface area contributed by atoms with Crippen molar-refractivity contribution in [3.05, 3.63) is 0 Å². The van der Waals surface area contributed by atoms with Crippen molar-refractivity contribution < 1.29 is 14.6 Å². The van der Waals surface area contributed by atoms with Crippen LogP contribution >= 0.6 is 0 Å². The normalized spacial score (nSPS) is 19.7. The molecule has 1 aliphatic rings. The number of nitrogens with one attached hydrogen (secondary N) is 2. The number of urea groups is 1. The molecular weight excluding hydrogens is 244 g/mol. The molecule has 1 saturated carbocycles. The maximum atomic E-state index is 11.8. The first-order chi connectivity index (χ1) is 9.09. The molecule has 1 rings (SSSR count). The Kier molecular flexibility index (Phi) is 7.16. The Morgan fingerprint density at radius 2 is 2.05 bits per heavy atom. The van der Waals surface area contributed by atoms with E-state index in [9.17, 15) is 9.90 Å². The number of carbonyl (C=O) groups excluding carboxylic acids is 1. The molecule has 1 aliphatic carbocycles. The zero-order valence-corrected chi connectivity index (χ0v) is 12.2. The van der Waals surface area contributed by atoms with E-state index in [2.05, 4.69) is 17.6 Å². The summed E-state index contributed by atoms with van der Waals surface area (Å²) in [4.78, 5) is 11.8. The number of hydrogen-bond donors (Lipinski definition) is 3. The van der Waals surface area contributed by atoms with Crippen molar-refractivity contribution in [1.82, 2.24) is 10.6 Å². The van der Waals surface area contributed by atoms with Crippen LogP contribution in [0, 0.1) is 5.41 Å². The van der Waals surface area contributed by atoms with Gasteiger partial charge < -0.3 is 20.5 Å². The molecule has 0 saturated heterocycles. The Morgan fingerprint density at radius 3 is 2.63 bits per heavy atom. The molecule has 0 spiro atoms. The van der Waals surface area contributed by atoms with Gasteiger partial charge in [0, 0.05) is 20.3 Å². The molecule has 1 fully saturated rings. The summed E-state index contributed by atoms with van der Waals surface area (Å²) in [5, 5.41) is 14.9. The third kappa shape index (κ3) is 6.25. The first kappa shape index (κ1) is 16.2. The largest absolute Gasteiger partial charge is 0.394 e. The van der Waals surface area contributed by atoms with E-state index in [1.54, 1.807) is 7.11 Å². The highest BCUT2D eigenvalue weighted by Crippen LogP contribution is 2.34. The minimum Gasteiger partial charge on any atom is -0.394 e. The molecule has 0 aromatic carbocycles. The van der Waals surface area contributed by atoms with Crippen molar-refractivity contribution in [1.29, 1.82) is 0 Å². The maximum Gasteiger partial charge on any atom is 0.315 e. The number of rotatable bonds is 7. The number of amides is 2. The van der Waals surface area contributed by atoms with Crippen molar-refractivity contribution in [2.24, 2.45) is 5.41 Å². The second-order valence-corrected chi connectivity index (χ2v) is 5.86. The third-order valence-corrected chi connectivity index (χ3v) is 3.96. The van der Waals surface area contributed by atoms with Crippen molar-refractivity contribution >= 4 is 6.03 Å². The molecule has 0 aromatic rings. The van der Waals surface area contributed by atoms with Gasteiger partial charge in [-0.2, -0.15) is 0 Å². The SMILES string of the molecule is COCC[C@H](CO)NC(=O)NCC1(C)CCCCC1. The van der Waals surface area contributed by atoms with Crippen LogP contribution in [0.2, 0.25) is 0 Å². The molecule has 19 heavy (non-hydrogen) atoms. The van der Waals surface area contributed by atoms with Gasteiger partial charge in [0.1, 0.15) is 0 Å². The molecule has 5 nitrogen and oxygen atoms in total. The van der Waals surface area contributed by atoms with Crippen LogP contribution < -0.4 is 10.6 Å². The molecule has 1 atom stereocenters. The average Bonchev–Trinajstić information content (AvgIpc) is 2.42. The molecule has 5 heteroatoms. The van der Waals surface area contributed by atoms with E-state index in [1.807, 2.05) is 0 Å². The minimum atomic E-state index is -0.237. The molecule has 3 N–H and O–H groups in total. The summed E-state index contributed by atoms with van der Waals surface area (Å²) in [5.41, 5.74) is 0.233. The topological polar surface area (TPSA) is 70.6 Å². The molecule has 0 aromatic heterocycles. The smallest absolute Gasteiger partial charge is 0.315 e. The predicted octanol–water partition coefficient (Wildman–Crippen LogP) is 1.65. The van der Waals surface area contributed by atoms with Gasteiger partial charge in [-0.25, -0.2) is 4.79 Å². The van der Waals surface area contributed by atoms with Crippen molar-refractivity contribution in [2.75, 3.05) is 26.9 Å². The average molecular weight is 272 g/mol. The Hall–Kier alpha value is -0.810. The van der Waals surface area contributed by atoms with Crippen molar-refractivity contribution in [3.63, 3.8) is 0 Å². The monoisotopic (exact) mass is 272 g/mol. The Balaban J connectivity index is 2.25. The lowest BCUT2D eigenvalue weighted by molar-refractivity contribution is 0.157. The van der Waals surface area contributed by atoms with Crippen LogP contribution in [0.3, 0.4) is 0 Å². The van der Waals surface area contributed by atoms with E-state index in [0.29, 0.717) is 19.6 Å². The van der Waals surface area contributed by atoms with Crippen LogP contribution in [0.4, 0.5) is 4.79 Å². The van der Waals surface area contributed by atoms with Gasteiger partial charge in [0.15, 0.2) is 0 Å².